The van der Waals surface area contributed by atoms with Gasteiger partial charge in [-0.05, 0) is 54.5 Å². The molecule has 2 aromatic rings. The van der Waals surface area contributed by atoms with Crippen LogP contribution >= 0.6 is 0 Å². The molecule has 2 aromatic carbocycles. The first-order valence-corrected chi connectivity index (χ1v) is 10.5. The Labute approximate surface area is 164 Å². The van der Waals surface area contributed by atoms with Crippen molar-refractivity contribution >= 4 is 0 Å². The molecule has 2 nitrogen and oxygen atoms in total. The van der Waals surface area contributed by atoms with Gasteiger partial charge in [-0.25, -0.2) is 0 Å². The molecule has 1 fully saturated rings. The summed E-state index contributed by atoms with van der Waals surface area (Å²) in [5.74, 6) is 2.65. The lowest BCUT2D eigenvalue weighted by molar-refractivity contribution is 0.168. The summed E-state index contributed by atoms with van der Waals surface area (Å²) in [6, 6.07) is 20.2. The monoisotopic (exact) mass is 361 g/mol. The molecular weight excluding hydrogens is 330 g/mol. The quantitative estimate of drug-likeness (QED) is 0.504. The fraction of sp³-hybridized carbons (Fsp3) is 0.480. The standard InChI is InChI=1S/C25H31NO/c1-2-6-20-9-11-21(12-10-20)15-18-25(23-7-4-3-5-8-23)27-24-16-13-22(19-26)14-17-24/h3-5,7-8,13-14,16-17,20-21,25H,2,6,9-12,15,18H2,1H3/t20-,21-,25?. The summed E-state index contributed by atoms with van der Waals surface area (Å²) in [6.07, 6.45) is 10.7. The molecule has 1 aliphatic rings. The molecule has 142 valence electrons. The van der Waals surface area contributed by atoms with Crippen LogP contribution < -0.4 is 4.74 Å². The molecule has 0 spiro atoms. The molecule has 0 radical (unpaired) electrons. The van der Waals surface area contributed by atoms with Crippen molar-refractivity contribution in [2.24, 2.45) is 11.8 Å². The Morgan fingerprint density at radius 3 is 2.15 bits per heavy atom. The van der Waals surface area contributed by atoms with E-state index in [4.69, 9.17) is 10.00 Å². The van der Waals surface area contributed by atoms with Crippen LogP contribution in [-0.4, -0.2) is 0 Å². The van der Waals surface area contributed by atoms with Crippen molar-refractivity contribution < 1.29 is 4.74 Å². The Bertz CT molecular complexity index is 708. The SMILES string of the molecule is CCC[C@H]1CC[C@H](CCC(Oc2ccc(C#N)cc2)c2ccccc2)CC1. The average molecular weight is 362 g/mol. The molecule has 2 heteroatoms. The zero-order valence-electron chi connectivity index (χ0n) is 16.4. The molecule has 27 heavy (non-hydrogen) atoms. The van der Waals surface area contributed by atoms with Crippen LogP contribution in [-0.2, 0) is 0 Å². The summed E-state index contributed by atoms with van der Waals surface area (Å²) in [5, 5.41) is 8.98. The number of ether oxygens (including phenoxy) is 1. The minimum absolute atomic E-state index is 0.0764. The zero-order valence-corrected chi connectivity index (χ0v) is 16.4. The van der Waals surface area contributed by atoms with Gasteiger partial charge in [0.2, 0.25) is 0 Å². The van der Waals surface area contributed by atoms with Crippen LogP contribution in [0.5, 0.6) is 5.75 Å². The highest BCUT2D eigenvalue weighted by Gasteiger charge is 2.22. The van der Waals surface area contributed by atoms with E-state index in [9.17, 15) is 0 Å². The molecule has 0 amide bonds. The average Bonchev–Trinajstić information content (AvgIpc) is 2.73. The maximum absolute atomic E-state index is 8.98. The normalized spacial score (nSPS) is 20.6. The van der Waals surface area contributed by atoms with Crippen LogP contribution in [0.15, 0.2) is 54.6 Å². The molecule has 1 saturated carbocycles. The lowest BCUT2D eigenvalue weighted by Gasteiger charge is -2.29. The third kappa shape index (κ3) is 5.86. The predicted molar refractivity (Wildman–Crippen MR) is 111 cm³/mol. The first-order valence-electron chi connectivity index (χ1n) is 10.5. The summed E-state index contributed by atoms with van der Waals surface area (Å²) in [4.78, 5) is 0. The first-order chi connectivity index (χ1) is 13.3. The molecule has 0 saturated heterocycles. The van der Waals surface area contributed by atoms with E-state index in [-0.39, 0.29) is 6.10 Å². The number of hydrogen-bond donors (Lipinski definition) is 0. The summed E-state index contributed by atoms with van der Waals surface area (Å²) < 4.78 is 6.34. The van der Waals surface area contributed by atoms with Crippen molar-refractivity contribution in [1.29, 1.82) is 5.26 Å². The van der Waals surface area contributed by atoms with E-state index in [0.29, 0.717) is 5.56 Å². The Balaban J connectivity index is 1.60. The Kier molecular flexibility index (Phi) is 7.34. The van der Waals surface area contributed by atoms with Gasteiger partial charge in [-0.2, -0.15) is 5.26 Å². The number of nitriles is 1. The molecular formula is C25H31NO. The first kappa shape index (κ1) is 19.5. The Hall–Kier alpha value is -2.27. The second-order valence-corrected chi connectivity index (χ2v) is 7.91. The molecule has 0 bridgehead atoms. The lowest BCUT2D eigenvalue weighted by Crippen LogP contribution is -2.16. The molecule has 1 unspecified atom stereocenters. The zero-order chi connectivity index (χ0) is 18.9. The van der Waals surface area contributed by atoms with Crippen LogP contribution in [0.1, 0.15) is 75.5 Å². The van der Waals surface area contributed by atoms with E-state index >= 15 is 0 Å². The van der Waals surface area contributed by atoms with Crippen molar-refractivity contribution in [3.05, 3.63) is 65.7 Å². The van der Waals surface area contributed by atoms with Crippen molar-refractivity contribution in [1.82, 2.24) is 0 Å². The van der Waals surface area contributed by atoms with Gasteiger partial charge in [0.1, 0.15) is 11.9 Å². The van der Waals surface area contributed by atoms with Gasteiger partial charge in [0.15, 0.2) is 0 Å². The van der Waals surface area contributed by atoms with Crippen molar-refractivity contribution in [3.63, 3.8) is 0 Å². The number of hydrogen-bond acceptors (Lipinski definition) is 2. The minimum Gasteiger partial charge on any atom is -0.486 e. The van der Waals surface area contributed by atoms with E-state index in [1.54, 1.807) is 0 Å². The highest BCUT2D eigenvalue weighted by atomic mass is 16.5. The van der Waals surface area contributed by atoms with Crippen LogP contribution in [0.4, 0.5) is 0 Å². The van der Waals surface area contributed by atoms with Crippen LogP contribution in [0.3, 0.4) is 0 Å². The lowest BCUT2D eigenvalue weighted by atomic mass is 9.78. The Morgan fingerprint density at radius 1 is 0.926 bits per heavy atom. The van der Waals surface area contributed by atoms with Crippen molar-refractivity contribution in [2.75, 3.05) is 0 Å². The second-order valence-electron chi connectivity index (χ2n) is 7.91. The van der Waals surface area contributed by atoms with Crippen molar-refractivity contribution in [3.8, 4) is 11.8 Å². The van der Waals surface area contributed by atoms with Crippen LogP contribution in [0.2, 0.25) is 0 Å². The molecule has 0 N–H and O–H groups in total. The molecule has 0 heterocycles. The van der Waals surface area contributed by atoms with Gasteiger partial charge in [0.05, 0.1) is 11.6 Å². The number of rotatable bonds is 8. The minimum atomic E-state index is 0.0764. The van der Waals surface area contributed by atoms with E-state index in [0.717, 1.165) is 24.0 Å². The highest BCUT2D eigenvalue weighted by Crippen LogP contribution is 2.36. The molecule has 0 aromatic heterocycles. The third-order valence-electron chi connectivity index (χ3n) is 5.93. The smallest absolute Gasteiger partial charge is 0.124 e. The molecule has 0 aliphatic heterocycles. The molecule has 3 rings (SSSR count). The van der Waals surface area contributed by atoms with E-state index in [1.807, 2.05) is 24.3 Å². The van der Waals surface area contributed by atoms with E-state index < -0.39 is 0 Å². The van der Waals surface area contributed by atoms with Gasteiger partial charge in [-0.1, -0.05) is 75.8 Å². The largest absolute Gasteiger partial charge is 0.486 e. The fourth-order valence-corrected chi connectivity index (χ4v) is 4.34. The predicted octanol–water partition coefficient (Wildman–Crippen LogP) is 7.07. The summed E-state index contributed by atoms with van der Waals surface area (Å²) in [5.41, 5.74) is 1.91. The third-order valence-corrected chi connectivity index (χ3v) is 5.93. The summed E-state index contributed by atoms with van der Waals surface area (Å²) in [7, 11) is 0. The van der Waals surface area contributed by atoms with Gasteiger partial charge < -0.3 is 4.74 Å². The van der Waals surface area contributed by atoms with Gasteiger partial charge >= 0.3 is 0 Å². The maximum Gasteiger partial charge on any atom is 0.124 e. The van der Waals surface area contributed by atoms with Gasteiger partial charge in [0, 0.05) is 0 Å². The van der Waals surface area contributed by atoms with Gasteiger partial charge in [0.25, 0.3) is 0 Å². The Morgan fingerprint density at radius 2 is 1.56 bits per heavy atom. The van der Waals surface area contributed by atoms with E-state index in [2.05, 4.69) is 43.3 Å². The van der Waals surface area contributed by atoms with Crippen LogP contribution in [0, 0.1) is 23.2 Å². The van der Waals surface area contributed by atoms with Gasteiger partial charge in [-0.3, -0.25) is 0 Å². The highest BCUT2D eigenvalue weighted by molar-refractivity contribution is 5.35. The summed E-state index contributed by atoms with van der Waals surface area (Å²) >= 11 is 0. The number of benzene rings is 2. The number of nitrogens with zero attached hydrogens (tertiary/aromatic N) is 1. The van der Waals surface area contributed by atoms with E-state index in [1.165, 1.54) is 50.5 Å². The fourth-order valence-electron chi connectivity index (χ4n) is 4.34. The second kappa shape index (κ2) is 10.2. The van der Waals surface area contributed by atoms with Crippen molar-refractivity contribution in [2.45, 2.75) is 64.4 Å². The summed E-state index contributed by atoms with van der Waals surface area (Å²) in [6.45, 7) is 2.30. The topological polar surface area (TPSA) is 33.0 Å². The maximum atomic E-state index is 8.98. The molecule has 1 aliphatic carbocycles. The van der Waals surface area contributed by atoms with Gasteiger partial charge in [-0.15, -0.1) is 0 Å². The molecule has 1 atom stereocenters. The van der Waals surface area contributed by atoms with Crippen LogP contribution in [0.25, 0.3) is 0 Å².